The molecule has 0 radical (unpaired) electrons. The number of hydrogen-bond donors (Lipinski definition) is 2. The first-order valence-electron chi connectivity index (χ1n) is 6.00. The van der Waals surface area contributed by atoms with Gasteiger partial charge in [-0.2, -0.15) is 0 Å². The molecule has 2 rings (SSSR count). The second kappa shape index (κ2) is 3.98. The van der Waals surface area contributed by atoms with Gasteiger partial charge in [-0.1, -0.05) is 0 Å². The van der Waals surface area contributed by atoms with E-state index in [0.29, 0.717) is 25.9 Å². The van der Waals surface area contributed by atoms with Crippen LogP contribution in [0.5, 0.6) is 0 Å². The molecular formula is C12H18O5. The largest absolute Gasteiger partial charge is 0.481 e. The van der Waals surface area contributed by atoms with Gasteiger partial charge in [0.1, 0.15) is 0 Å². The molecule has 1 aliphatic carbocycles. The van der Waals surface area contributed by atoms with E-state index in [1.807, 2.05) is 0 Å². The lowest BCUT2D eigenvalue weighted by atomic mass is 9.62. The van der Waals surface area contributed by atoms with Gasteiger partial charge in [-0.15, -0.1) is 0 Å². The van der Waals surface area contributed by atoms with Crippen LogP contribution in [0.15, 0.2) is 0 Å². The Morgan fingerprint density at radius 2 is 1.94 bits per heavy atom. The molecule has 2 aliphatic rings. The summed E-state index contributed by atoms with van der Waals surface area (Å²) in [6.07, 6.45) is 3.15. The van der Waals surface area contributed by atoms with Crippen molar-refractivity contribution in [2.45, 2.75) is 44.6 Å². The lowest BCUT2D eigenvalue weighted by molar-refractivity contribution is -0.173. The number of carboxylic acid groups (broad SMARTS) is 2. The maximum absolute atomic E-state index is 11.3. The van der Waals surface area contributed by atoms with E-state index in [2.05, 4.69) is 0 Å². The molecule has 3 atom stereocenters. The summed E-state index contributed by atoms with van der Waals surface area (Å²) in [4.78, 5) is 22.6. The van der Waals surface area contributed by atoms with Gasteiger partial charge in [-0.25, -0.2) is 0 Å². The Bertz CT molecular complexity index is 345. The maximum Gasteiger partial charge on any atom is 0.310 e. The van der Waals surface area contributed by atoms with E-state index in [0.717, 1.165) is 12.8 Å². The standard InChI is InChI=1S/C12H18O5/c1-11(10(15)16)4-5-12(3-2-6-17-12)7-8(11)9(13)14/h8H,2-7H2,1H3,(H,13,14)(H,15,16)/t8-,11-,12?/m1/s1. The number of hydrogen-bond acceptors (Lipinski definition) is 3. The topological polar surface area (TPSA) is 83.8 Å². The first kappa shape index (κ1) is 12.4. The third kappa shape index (κ3) is 1.92. The van der Waals surface area contributed by atoms with E-state index in [1.54, 1.807) is 0 Å². The van der Waals surface area contributed by atoms with Crippen LogP contribution in [0.25, 0.3) is 0 Å². The van der Waals surface area contributed by atoms with E-state index >= 15 is 0 Å². The fourth-order valence-corrected chi connectivity index (χ4v) is 3.09. The van der Waals surface area contributed by atoms with Crippen LogP contribution in [0.4, 0.5) is 0 Å². The van der Waals surface area contributed by atoms with Crippen LogP contribution in [-0.2, 0) is 14.3 Å². The highest BCUT2D eigenvalue weighted by Crippen LogP contribution is 2.50. The summed E-state index contributed by atoms with van der Waals surface area (Å²) in [7, 11) is 0. The van der Waals surface area contributed by atoms with E-state index in [4.69, 9.17) is 4.74 Å². The monoisotopic (exact) mass is 242 g/mol. The van der Waals surface area contributed by atoms with Gasteiger partial charge in [-0.05, 0) is 39.0 Å². The molecule has 17 heavy (non-hydrogen) atoms. The van der Waals surface area contributed by atoms with Crippen LogP contribution in [0, 0.1) is 11.3 Å². The van der Waals surface area contributed by atoms with Crippen molar-refractivity contribution in [3.05, 3.63) is 0 Å². The van der Waals surface area contributed by atoms with Crippen molar-refractivity contribution in [1.29, 1.82) is 0 Å². The third-order valence-corrected chi connectivity index (χ3v) is 4.42. The van der Waals surface area contributed by atoms with Gasteiger partial charge in [0.05, 0.1) is 16.9 Å². The molecule has 5 nitrogen and oxygen atoms in total. The minimum atomic E-state index is -1.16. The average Bonchev–Trinajstić information content (AvgIpc) is 2.70. The summed E-state index contributed by atoms with van der Waals surface area (Å²) in [5, 5.41) is 18.5. The number of carboxylic acids is 2. The van der Waals surface area contributed by atoms with E-state index < -0.39 is 23.3 Å². The van der Waals surface area contributed by atoms with Gasteiger partial charge in [-0.3, -0.25) is 9.59 Å². The predicted octanol–water partition coefficient (Wildman–Crippen LogP) is 1.51. The lowest BCUT2D eigenvalue weighted by Gasteiger charge is -2.44. The number of carbonyl (C=O) groups is 2. The highest BCUT2D eigenvalue weighted by atomic mass is 16.5. The molecule has 5 heteroatoms. The molecule has 0 aromatic rings. The maximum atomic E-state index is 11.3. The molecule has 0 aromatic heterocycles. The van der Waals surface area contributed by atoms with Gasteiger partial charge in [0.25, 0.3) is 0 Å². The van der Waals surface area contributed by atoms with Crippen LogP contribution in [0.3, 0.4) is 0 Å². The van der Waals surface area contributed by atoms with Crippen molar-refractivity contribution >= 4 is 11.9 Å². The predicted molar refractivity (Wildman–Crippen MR) is 58.6 cm³/mol. The SMILES string of the molecule is C[C@@]1(C(=O)O)CCC2(CCCO2)C[C@@H]1C(=O)O. The fourth-order valence-electron chi connectivity index (χ4n) is 3.09. The van der Waals surface area contributed by atoms with Crippen molar-refractivity contribution in [3.63, 3.8) is 0 Å². The third-order valence-electron chi connectivity index (χ3n) is 4.42. The van der Waals surface area contributed by atoms with Crippen molar-refractivity contribution in [3.8, 4) is 0 Å². The van der Waals surface area contributed by atoms with Crippen molar-refractivity contribution in [1.82, 2.24) is 0 Å². The smallest absolute Gasteiger partial charge is 0.310 e. The summed E-state index contributed by atoms with van der Waals surface area (Å²) in [6, 6.07) is 0. The second-order valence-electron chi connectivity index (χ2n) is 5.45. The Hall–Kier alpha value is -1.10. The molecule has 1 spiro atoms. The van der Waals surface area contributed by atoms with Gasteiger partial charge in [0, 0.05) is 6.61 Å². The van der Waals surface area contributed by atoms with Crippen molar-refractivity contribution in [2.24, 2.45) is 11.3 Å². The van der Waals surface area contributed by atoms with Gasteiger partial charge < -0.3 is 14.9 Å². The molecule has 2 N–H and O–H groups in total. The Morgan fingerprint density at radius 3 is 2.41 bits per heavy atom. The summed E-state index contributed by atoms with van der Waals surface area (Å²) in [5.41, 5.74) is -1.54. The first-order chi connectivity index (χ1) is 7.90. The van der Waals surface area contributed by atoms with Crippen molar-refractivity contribution in [2.75, 3.05) is 6.61 Å². The second-order valence-corrected chi connectivity index (χ2v) is 5.45. The lowest BCUT2D eigenvalue weighted by Crippen LogP contribution is -2.50. The molecule has 1 saturated carbocycles. The summed E-state index contributed by atoms with van der Waals surface area (Å²) in [6.45, 7) is 2.20. The quantitative estimate of drug-likeness (QED) is 0.766. The molecular weight excluding hydrogens is 224 g/mol. The number of aliphatic carboxylic acids is 2. The average molecular weight is 242 g/mol. The van der Waals surface area contributed by atoms with E-state index in [-0.39, 0.29) is 5.60 Å². The summed E-state index contributed by atoms with van der Waals surface area (Å²) in [5.74, 6) is -2.89. The molecule has 0 bridgehead atoms. The highest BCUT2D eigenvalue weighted by Gasteiger charge is 2.55. The summed E-state index contributed by atoms with van der Waals surface area (Å²) < 4.78 is 5.68. The molecule has 96 valence electrons. The number of ether oxygens (including phenoxy) is 1. The Morgan fingerprint density at radius 1 is 1.24 bits per heavy atom. The zero-order valence-electron chi connectivity index (χ0n) is 9.94. The van der Waals surface area contributed by atoms with Crippen LogP contribution in [0.2, 0.25) is 0 Å². The van der Waals surface area contributed by atoms with Gasteiger partial charge in [0.2, 0.25) is 0 Å². The Labute approximate surface area is 99.8 Å². The van der Waals surface area contributed by atoms with Gasteiger partial charge in [0.15, 0.2) is 0 Å². The minimum Gasteiger partial charge on any atom is -0.481 e. The first-order valence-corrected chi connectivity index (χ1v) is 6.00. The minimum absolute atomic E-state index is 0.325. The fraction of sp³-hybridized carbons (Fsp3) is 0.833. The van der Waals surface area contributed by atoms with Gasteiger partial charge >= 0.3 is 11.9 Å². The molecule has 1 unspecified atom stereocenters. The molecule has 0 amide bonds. The Kier molecular flexibility index (Phi) is 2.89. The van der Waals surface area contributed by atoms with Crippen LogP contribution in [-0.4, -0.2) is 34.4 Å². The zero-order valence-corrected chi connectivity index (χ0v) is 9.94. The highest BCUT2D eigenvalue weighted by molar-refractivity contribution is 5.83. The normalized spacial score (nSPS) is 41.6. The molecule has 0 aromatic carbocycles. The van der Waals surface area contributed by atoms with Crippen LogP contribution in [0.1, 0.15) is 39.0 Å². The van der Waals surface area contributed by atoms with Crippen LogP contribution >= 0.6 is 0 Å². The molecule has 1 aliphatic heterocycles. The van der Waals surface area contributed by atoms with Crippen LogP contribution < -0.4 is 0 Å². The molecule has 1 saturated heterocycles. The molecule has 2 fully saturated rings. The zero-order chi connectivity index (χ0) is 12.7. The molecule has 1 heterocycles. The van der Waals surface area contributed by atoms with E-state index in [1.165, 1.54) is 6.92 Å². The van der Waals surface area contributed by atoms with Crippen molar-refractivity contribution < 1.29 is 24.5 Å². The number of rotatable bonds is 2. The summed E-state index contributed by atoms with van der Waals surface area (Å²) >= 11 is 0. The van der Waals surface area contributed by atoms with E-state index in [9.17, 15) is 19.8 Å². The Balaban J connectivity index is 2.25.